The van der Waals surface area contributed by atoms with Crippen molar-refractivity contribution >= 4 is 46.9 Å². The summed E-state index contributed by atoms with van der Waals surface area (Å²) in [6.07, 6.45) is 20.0. The number of rotatable bonds is 16. The molecule has 352 valence electrons. The zero-order valence-corrected chi connectivity index (χ0v) is 41.3. The number of carbonyl (C=O) groups is 4. The maximum absolute atomic E-state index is 13.0. The Kier molecular flexibility index (Phi) is 21.4. The van der Waals surface area contributed by atoms with E-state index in [9.17, 15) is 29.4 Å². The SMILES string of the molecule is CCC(C)(C)C(=O)O[C@@H]1CC(=O)O[C@H](CC[C@@H]2C3C(=C[C@H](C)C[C@@H]3OC(=O)C(C)(C)CC)C=C[C@@H]2C)C1.C[C@H]1C=C2C=C[C@H](C)[C@H](CCCC[C@H](O)CC(=O)O)C2[C@@H](O)C1.OI. The third-order valence-electron chi connectivity index (χ3n) is 14.4. The molecule has 0 spiro atoms. The molecule has 2 unspecified atom stereocenters. The van der Waals surface area contributed by atoms with Crippen molar-refractivity contribution in [2.75, 3.05) is 0 Å². The highest BCUT2D eigenvalue weighted by Crippen LogP contribution is 2.46. The van der Waals surface area contributed by atoms with Gasteiger partial charge in [0.2, 0.25) is 0 Å². The minimum Gasteiger partial charge on any atom is -0.481 e. The van der Waals surface area contributed by atoms with Gasteiger partial charge in [0.15, 0.2) is 0 Å². The topological polar surface area (TPSA) is 177 Å². The fourth-order valence-corrected chi connectivity index (χ4v) is 9.80. The van der Waals surface area contributed by atoms with Crippen LogP contribution in [0.5, 0.6) is 0 Å². The van der Waals surface area contributed by atoms with E-state index >= 15 is 0 Å². The number of halogens is 1. The molecule has 0 aromatic heterocycles. The van der Waals surface area contributed by atoms with Crippen molar-refractivity contribution in [3.63, 3.8) is 0 Å². The van der Waals surface area contributed by atoms with Crippen molar-refractivity contribution in [1.29, 1.82) is 0 Å². The highest BCUT2D eigenvalue weighted by Gasteiger charge is 2.44. The molecule has 0 radical (unpaired) electrons. The van der Waals surface area contributed by atoms with Gasteiger partial charge in [0.25, 0.3) is 0 Å². The number of carboxylic acids is 1. The first kappa shape index (κ1) is 53.8. The number of aliphatic hydroxyl groups is 2. The third kappa shape index (κ3) is 15.3. The van der Waals surface area contributed by atoms with Crippen LogP contribution in [0.25, 0.3) is 0 Å². The highest BCUT2D eigenvalue weighted by molar-refractivity contribution is 14.1. The number of carbonyl (C=O) groups excluding carboxylic acids is 3. The largest absolute Gasteiger partial charge is 0.481 e. The van der Waals surface area contributed by atoms with Crippen molar-refractivity contribution < 1.29 is 52.1 Å². The predicted molar refractivity (Wildman–Crippen MR) is 250 cm³/mol. The number of aliphatic hydroxyl groups excluding tert-OH is 2. The molecule has 5 aliphatic rings. The first-order valence-electron chi connectivity index (χ1n) is 23.3. The highest BCUT2D eigenvalue weighted by atomic mass is 127. The summed E-state index contributed by atoms with van der Waals surface area (Å²) in [5, 5.41) is 28.8. The molecule has 0 aromatic rings. The minimum absolute atomic E-state index is 0.114. The van der Waals surface area contributed by atoms with Crippen LogP contribution >= 0.6 is 23.0 Å². The van der Waals surface area contributed by atoms with Crippen LogP contribution in [0.3, 0.4) is 0 Å². The van der Waals surface area contributed by atoms with Gasteiger partial charge in [0.05, 0.1) is 35.9 Å². The molecule has 4 N–H and O–H groups in total. The minimum atomic E-state index is -0.947. The molecule has 12 heteroatoms. The quantitative estimate of drug-likeness (QED) is 0.0501. The summed E-state index contributed by atoms with van der Waals surface area (Å²) in [6.45, 7) is 20.4. The van der Waals surface area contributed by atoms with E-state index in [2.05, 4.69) is 64.2 Å². The van der Waals surface area contributed by atoms with E-state index in [1.165, 1.54) is 11.1 Å². The number of hydrogen-bond acceptors (Lipinski definition) is 10. The molecular formula is C50H79IO11. The lowest BCUT2D eigenvalue weighted by molar-refractivity contribution is -0.175. The lowest BCUT2D eigenvalue weighted by Gasteiger charge is -2.44. The van der Waals surface area contributed by atoms with Crippen molar-refractivity contribution in [3.8, 4) is 0 Å². The Morgan fingerprint density at radius 2 is 1.32 bits per heavy atom. The van der Waals surface area contributed by atoms with Gasteiger partial charge in [-0.3, -0.25) is 19.2 Å². The zero-order valence-electron chi connectivity index (χ0n) is 39.2. The zero-order chi connectivity index (χ0) is 46.5. The van der Waals surface area contributed by atoms with Crippen molar-refractivity contribution in [3.05, 3.63) is 47.6 Å². The average molecular weight is 983 g/mol. The maximum Gasteiger partial charge on any atom is 0.311 e. The summed E-state index contributed by atoms with van der Waals surface area (Å²) >= 11 is 1.15. The second-order valence-corrected chi connectivity index (χ2v) is 20.3. The molecule has 0 saturated carbocycles. The van der Waals surface area contributed by atoms with E-state index in [-0.39, 0.29) is 66.8 Å². The molecule has 5 rings (SSSR count). The van der Waals surface area contributed by atoms with E-state index in [4.69, 9.17) is 22.8 Å². The Balaban J connectivity index is 0.000000351. The van der Waals surface area contributed by atoms with Gasteiger partial charge in [-0.05, 0) is 126 Å². The van der Waals surface area contributed by atoms with Crippen molar-refractivity contribution in [2.24, 2.45) is 58.2 Å². The van der Waals surface area contributed by atoms with Gasteiger partial charge in [-0.1, -0.05) is 90.8 Å². The van der Waals surface area contributed by atoms with Crippen LogP contribution in [0.2, 0.25) is 0 Å². The van der Waals surface area contributed by atoms with Crippen LogP contribution < -0.4 is 0 Å². The molecular weight excluding hydrogens is 903 g/mol. The summed E-state index contributed by atoms with van der Waals surface area (Å²) in [5.41, 5.74) is 1.46. The van der Waals surface area contributed by atoms with Gasteiger partial charge in [-0.25, -0.2) is 0 Å². The Labute approximate surface area is 386 Å². The van der Waals surface area contributed by atoms with Crippen molar-refractivity contribution in [2.45, 2.75) is 183 Å². The molecule has 4 aliphatic carbocycles. The molecule has 62 heavy (non-hydrogen) atoms. The lowest BCUT2D eigenvalue weighted by atomic mass is 9.65. The van der Waals surface area contributed by atoms with Crippen LogP contribution in [0, 0.1) is 58.2 Å². The molecule has 0 amide bonds. The van der Waals surface area contributed by atoms with Crippen LogP contribution in [-0.2, 0) is 33.4 Å². The fourth-order valence-electron chi connectivity index (χ4n) is 9.80. The Morgan fingerprint density at radius 1 is 0.790 bits per heavy atom. The van der Waals surface area contributed by atoms with Gasteiger partial charge in [-0.2, -0.15) is 0 Å². The summed E-state index contributed by atoms with van der Waals surface area (Å²) in [4.78, 5) is 48.5. The van der Waals surface area contributed by atoms with E-state index in [0.717, 1.165) is 68.0 Å². The number of cyclic esters (lactones) is 1. The normalized spacial score (nSPS) is 32.1. The van der Waals surface area contributed by atoms with Crippen LogP contribution in [0.1, 0.15) is 153 Å². The standard InChI is InChI=1S/C31H48O6.C19H30O4.HIO/c1-9-30(5,6)28(33)36-23-17-22(35-26(32)18-23)13-14-24-20(4)11-12-21-15-19(3)16-25(27(21)24)37-29(34)31(7,8)10-2;1-12-9-14-8-7-13(2)16(19(14)17(21)10-12)6-4-3-5-15(20)11-18(22)23;1-2/h11-12,15,19-20,22-25,27H,9-10,13-14,16-18H2,1-8H3;7-9,12-13,15-17,19-21H,3-6,10-11H2,1-2H3,(H,22,23);2H/t19-,20-,22+,23-,24-,25-,27?;12-,13-,15-,16-,17-,19?;/m00./s1. The number of unbranched alkanes of at least 4 members (excludes halogenated alkanes) is 1. The van der Waals surface area contributed by atoms with Gasteiger partial charge in [0, 0.05) is 18.3 Å². The smallest absolute Gasteiger partial charge is 0.311 e. The number of allylic oxidation sites excluding steroid dienone is 6. The number of hydrogen-bond donors (Lipinski definition) is 4. The van der Waals surface area contributed by atoms with Crippen LogP contribution in [0.4, 0.5) is 0 Å². The monoisotopic (exact) mass is 982 g/mol. The number of aliphatic carboxylic acids is 1. The summed E-state index contributed by atoms with van der Waals surface area (Å²) in [7, 11) is 0. The summed E-state index contributed by atoms with van der Waals surface area (Å²) in [6, 6.07) is 0. The molecule has 1 fully saturated rings. The van der Waals surface area contributed by atoms with Crippen LogP contribution in [-0.4, -0.2) is 73.2 Å². The van der Waals surface area contributed by atoms with Gasteiger partial charge >= 0.3 is 23.9 Å². The Hall–Kier alpha value is -2.55. The number of fused-ring (bicyclic) bond motifs is 2. The van der Waals surface area contributed by atoms with E-state index in [1.807, 2.05) is 41.5 Å². The van der Waals surface area contributed by atoms with Crippen molar-refractivity contribution in [1.82, 2.24) is 0 Å². The van der Waals surface area contributed by atoms with Gasteiger partial charge in [-0.15, -0.1) is 0 Å². The molecule has 11 nitrogen and oxygen atoms in total. The fraction of sp³-hybridized carbons (Fsp3) is 0.760. The molecule has 1 saturated heterocycles. The number of esters is 3. The maximum atomic E-state index is 13.0. The van der Waals surface area contributed by atoms with Gasteiger partial charge in [0.1, 0.15) is 41.3 Å². The second kappa shape index (κ2) is 24.7. The third-order valence-corrected chi connectivity index (χ3v) is 14.4. The van der Waals surface area contributed by atoms with Crippen LogP contribution in [0.15, 0.2) is 47.6 Å². The second-order valence-electron chi connectivity index (χ2n) is 20.3. The van der Waals surface area contributed by atoms with E-state index < -0.39 is 29.0 Å². The predicted octanol–water partition coefficient (Wildman–Crippen LogP) is 10.0. The molecule has 1 aliphatic heterocycles. The first-order valence-corrected chi connectivity index (χ1v) is 24.3. The Morgan fingerprint density at radius 3 is 1.89 bits per heavy atom. The average Bonchev–Trinajstić information content (AvgIpc) is 3.20. The molecule has 0 bridgehead atoms. The Bertz CT molecular complexity index is 1610. The van der Waals surface area contributed by atoms with E-state index in [1.54, 1.807) is 0 Å². The van der Waals surface area contributed by atoms with E-state index in [0.29, 0.717) is 55.3 Å². The lowest BCUT2D eigenvalue weighted by Crippen LogP contribution is -2.43. The first-order chi connectivity index (χ1) is 29.1. The summed E-state index contributed by atoms with van der Waals surface area (Å²) < 4.78 is 24.6. The molecule has 0 aromatic carbocycles. The summed E-state index contributed by atoms with van der Waals surface area (Å²) in [5.74, 6) is 0.964. The molecule has 1 heterocycles. The van der Waals surface area contributed by atoms with Gasteiger partial charge < -0.3 is 33.0 Å². The molecule has 13 atom stereocenters. The number of carboxylic acid groups (broad SMARTS) is 1. The number of ether oxygens (including phenoxy) is 3.